The van der Waals surface area contributed by atoms with Crippen LogP contribution in [-0.4, -0.2) is 24.6 Å². The standard InChI is InChI=1S/C17H32O4/c1-5-6-7-9-15(4)21-17(19)11-8-10-16(18)20-13-12-14(2)3/h14-15H,5-13H2,1-4H3. The molecule has 1 atom stereocenters. The highest BCUT2D eigenvalue weighted by Gasteiger charge is 2.11. The Bertz CT molecular complexity index is 287. The van der Waals surface area contributed by atoms with E-state index in [0.29, 0.717) is 18.9 Å². The molecule has 0 N–H and O–H groups in total. The Hall–Kier alpha value is -1.06. The van der Waals surface area contributed by atoms with Crippen LogP contribution in [-0.2, 0) is 19.1 Å². The van der Waals surface area contributed by atoms with Crippen molar-refractivity contribution in [2.75, 3.05) is 6.61 Å². The van der Waals surface area contributed by atoms with Crippen molar-refractivity contribution >= 4 is 11.9 Å². The molecule has 0 rings (SSSR count). The van der Waals surface area contributed by atoms with Gasteiger partial charge in [-0.1, -0.05) is 33.6 Å². The first-order valence-electron chi connectivity index (χ1n) is 8.30. The minimum Gasteiger partial charge on any atom is -0.466 e. The molecule has 0 aliphatic rings. The van der Waals surface area contributed by atoms with E-state index < -0.39 is 0 Å². The molecule has 0 amide bonds. The van der Waals surface area contributed by atoms with Gasteiger partial charge in [-0.15, -0.1) is 0 Å². The zero-order chi connectivity index (χ0) is 16.1. The molecule has 4 heteroatoms. The van der Waals surface area contributed by atoms with Gasteiger partial charge in [0, 0.05) is 12.8 Å². The van der Waals surface area contributed by atoms with Crippen LogP contribution < -0.4 is 0 Å². The number of rotatable bonds is 12. The highest BCUT2D eigenvalue weighted by Crippen LogP contribution is 2.09. The summed E-state index contributed by atoms with van der Waals surface area (Å²) in [6.45, 7) is 8.72. The van der Waals surface area contributed by atoms with E-state index in [-0.39, 0.29) is 30.9 Å². The van der Waals surface area contributed by atoms with E-state index >= 15 is 0 Å². The molecule has 0 fully saturated rings. The molecule has 124 valence electrons. The van der Waals surface area contributed by atoms with Crippen molar-refractivity contribution in [2.24, 2.45) is 5.92 Å². The summed E-state index contributed by atoms with van der Waals surface area (Å²) in [5.74, 6) is 0.0930. The highest BCUT2D eigenvalue weighted by atomic mass is 16.5. The van der Waals surface area contributed by atoms with Crippen molar-refractivity contribution in [1.29, 1.82) is 0 Å². The minimum absolute atomic E-state index is 0.0259. The van der Waals surface area contributed by atoms with E-state index in [4.69, 9.17) is 9.47 Å². The Kier molecular flexibility index (Phi) is 12.0. The monoisotopic (exact) mass is 300 g/mol. The molecule has 0 heterocycles. The lowest BCUT2D eigenvalue weighted by Gasteiger charge is -2.12. The van der Waals surface area contributed by atoms with E-state index in [0.717, 1.165) is 19.3 Å². The third kappa shape index (κ3) is 13.7. The van der Waals surface area contributed by atoms with Crippen LogP contribution in [0.15, 0.2) is 0 Å². The van der Waals surface area contributed by atoms with Crippen molar-refractivity contribution in [3.05, 3.63) is 0 Å². The molecule has 0 spiro atoms. The van der Waals surface area contributed by atoms with Gasteiger partial charge in [-0.25, -0.2) is 0 Å². The van der Waals surface area contributed by atoms with Crippen LogP contribution in [0.2, 0.25) is 0 Å². The van der Waals surface area contributed by atoms with Gasteiger partial charge < -0.3 is 9.47 Å². The zero-order valence-corrected chi connectivity index (χ0v) is 14.2. The average Bonchev–Trinajstić information content (AvgIpc) is 2.38. The summed E-state index contributed by atoms with van der Waals surface area (Å²) in [5.41, 5.74) is 0. The second-order valence-electron chi connectivity index (χ2n) is 6.05. The maximum absolute atomic E-state index is 11.6. The van der Waals surface area contributed by atoms with Gasteiger partial charge in [0.25, 0.3) is 0 Å². The van der Waals surface area contributed by atoms with Crippen LogP contribution in [0, 0.1) is 5.92 Å². The Balaban J connectivity index is 3.57. The van der Waals surface area contributed by atoms with Crippen LogP contribution in [0.3, 0.4) is 0 Å². The first kappa shape index (κ1) is 19.9. The minimum atomic E-state index is -0.223. The van der Waals surface area contributed by atoms with Crippen molar-refractivity contribution < 1.29 is 19.1 Å². The van der Waals surface area contributed by atoms with Crippen LogP contribution >= 0.6 is 0 Å². The van der Waals surface area contributed by atoms with Gasteiger partial charge in [-0.3, -0.25) is 9.59 Å². The van der Waals surface area contributed by atoms with E-state index in [2.05, 4.69) is 20.8 Å². The number of ether oxygens (including phenoxy) is 2. The van der Waals surface area contributed by atoms with Crippen molar-refractivity contribution in [3.63, 3.8) is 0 Å². The van der Waals surface area contributed by atoms with Crippen LogP contribution in [0.5, 0.6) is 0 Å². The summed E-state index contributed by atoms with van der Waals surface area (Å²) >= 11 is 0. The van der Waals surface area contributed by atoms with Gasteiger partial charge in [0.2, 0.25) is 0 Å². The molecular formula is C17H32O4. The molecule has 0 aliphatic carbocycles. The number of carbonyl (C=O) groups excluding carboxylic acids is 2. The lowest BCUT2D eigenvalue weighted by atomic mass is 10.1. The molecule has 0 saturated heterocycles. The molecule has 0 radical (unpaired) electrons. The second-order valence-corrected chi connectivity index (χ2v) is 6.05. The summed E-state index contributed by atoms with van der Waals surface area (Å²) in [6.07, 6.45) is 6.27. The molecule has 0 aliphatic heterocycles. The van der Waals surface area contributed by atoms with Crippen molar-refractivity contribution in [2.45, 2.75) is 85.2 Å². The van der Waals surface area contributed by atoms with E-state index in [1.54, 1.807) is 0 Å². The van der Waals surface area contributed by atoms with Gasteiger partial charge in [0.15, 0.2) is 0 Å². The normalized spacial score (nSPS) is 12.2. The number of esters is 2. The van der Waals surface area contributed by atoms with Gasteiger partial charge >= 0.3 is 11.9 Å². The molecule has 0 saturated carbocycles. The number of hydrogen-bond donors (Lipinski definition) is 0. The molecule has 21 heavy (non-hydrogen) atoms. The molecule has 4 nitrogen and oxygen atoms in total. The number of hydrogen-bond acceptors (Lipinski definition) is 4. The fraction of sp³-hybridized carbons (Fsp3) is 0.882. The van der Waals surface area contributed by atoms with Gasteiger partial charge in [0.1, 0.15) is 0 Å². The Morgan fingerprint density at radius 2 is 1.57 bits per heavy atom. The van der Waals surface area contributed by atoms with Crippen LogP contribution in [0.4, 0.5) is 0 Å². The molecule has 0 aromatic carbocycles. The maximum Gasteiger partial charge on any atom is 0.306 e. The third-order valence-electron chi connectivity index (χ3n) is 3.27. The summed E-state index contributed by atoms with van der Waals surface area (Å²) in [5, 5.41) is 0. The SMILES string of the molecule is CCCCCC(C)OC(=O)CCCC(=O)OCCC(C)C. The Morgan fingerprint density at radius 1 is 0.905 bits per heavy atom. The fourth-order valence-electron chi connectivity index (χ4n) is 1.88. The van der Waals surface area contributed by atoms with E-state index in [9.17, 15) is 9.59 Å². The highest BCUT2D eigenvalue weighted by molar-refractivity contribution is 5.72. The van der Waals surface area contributed by atoms with Gasteiger partial charge in [-0.05, 0) is 38.5 Å². The summed E-state index contributed by atoms with van der Waals surface area (Å²) in [4.78, 5) is 23.0. The summed E-state index contributed by atoms with van der Waals surface area (Å²) in [6, 6.07) is 0. The quantitative estimate of drug-likeness (QED) is 0.399. The average molecular weight is 300 g/mol. The molecule has 0 aromatic rings. The van der Waals surface area contributed by atoms with Crippen molar-refractivity contribution in [1.82, 2.24) is 0 Å². The molecule has 0 bridgehead atoms. The Morgan fingerprint density at radius 3 is 2.19 bits per heavy atom. The zero-order valence-electron chi connectivity index (χ0n) is 14.2. The molecule has 1 unspecified atom stereocenters. The largest absolute Gasteiger partial charge is 0.466 e. The Labute approximate surface area is 129 Å². The topological polar surface area (TPSA) is 52.6 Å². The summed E-state index contributed by atoms with van der Waals surface area (Å²) < 4.78 is 10.4. The predicted octanol–water partition coefficient (Wildman–Crippen LogP) is 4.26. The van der Waals surface area contributed by atoms with E-state index in [1.807, 2.05) is 6.92 Å². The van der Waals surface area contributed by atoms with Crippen LogP contribution in [0.1, 0.15) is 79.1 Å². The van der Waals surface area contributed by atoms with Gasteiger partial charge in [-0.2, -0.15) is 0 Å². The third-order valence-corrected chi connectivity index (χ3v) is 3.27. The number of unbranched alkanes of at least 4 members (excludes halogenated alkanes) is 2. The first-order chi connectivity index (χ1) is 9.95. The maximum atomic E-state index is 11.6. The smallest absolute Gasteiger partial charge is 0.306 e. The second kappa shape index (κ2) is 12.7. The molecule has 0 aromatic heterocycles. The van der Waals surface area contributed by atoms with Crippen LogP contribution in [0.25, 0.3) is 0 Å². The lowest BCUT2D eigenvalue weighted by Crippen LogP contribution is -2.15. The first-order valence-corrected chi connectivity index (χ1v) is 8.30. The van der Waals surface area contributed by atoms with E-state index in [1.165, 1.54) is 12.8 Å². The summed E-state index contributed by atoms with van der Waals surface area (Å²) in [7, 11) is 0. The predicted molar refractivity (Wildman–Crippen MR) is 84.0 cm³/mol. The lowest BCUT2D eigenvalue weighted by molar-refractivity contribution is -0.149. The fourth-order valence-corrected chi connectivity index (χ4v) is 1.88. The number of carbonyl (C=O) groups is 2. The molecular weight excluding hydrogens is 268 g/mol. The van der Waals surface area contributed by atoms with Gasteiger partial charge in [0.05, 0.1) is 12.7 Å². The van der Waals surface area contributed by atoms with Crippen molar-refractivity contribution in [3.8, 4) is 0 Å².